The maximum atomic E-state index is 4.97. The van der Waals surface area contributed by atoms with Crippen LogP contribution in [0, 0.1) is 0 Å². The molecule has 1 fully saturated rings. The van der Waals surface area contributed by atoms with E-state index in [1.165, 1.54) is 42.7 Å². The summed E-state index contributed by atoms with van der Waals surface area (Å²) >= 11 is 0. The smallest absolute Gasteiger partial charge is 0.244 e. The molecule has 0 N–H and O–H groups in total. The van der Waals surface area contributed by atoms with Gasteiger partial charge in [-0.25, -0.2) is 9.13 Å². The Morgan fingerprint density at radius 1 is 1.12 bits per heavy atom. The quantitative estimate of drug-likeness (QED) is 0.558. The van der Waals surface area contributed by atoms with E-state index in [4.69, 9.17) is 4.99 Å². The van der Waals surface area contributed by atoms with Gasteiger partial charge < -0.3 is 0 Å². The number of aliphatic imine (C=N–C) groups is 1. The summed E-state index contributed by atoms with van der Waals surface area (Å²) in [5, 5.41) is 0. The zero-order valence-corrected chi connectivity index (χ0v) is 15.4. The number of imidazole rings is 1. The average Bonchev–Trinajstić information content (AvgIpc) is 3.01. The lowest BCUT2D eigenvalue weighted by atomic mass is 9.90. The predicted molar refractivity (Wildman–Crippen MR) is 101 cm³/mol. The van der Waals surface area contributed by atoms with E-state index in [-0.39, 0.29) is 0 Å². The van der Waals surface area contributed by atoms with Gasteiger partial charge in [0.25, 0.3) is 0 Å². The van der Waals surface area contributed by atoms with Crippen LogP contribution in [-0.2, 0) is 0 Å². The first-order valence-corrected chi connectivity index (χ1v) is 9.25. The van der Waals surface area contributed by atoms with Crippen molar-refractivity contribution < 1.29 is 4.57 Å². The molecule has 3 rings (SSSR count). The first kappa shape index (κ1) is 16.9. The van der Waals surface area contributed by atoms with Crippen molar-refractivity contribution in [3.63, 3.8) is 0 Å². The molecule has 24 heavy (non-hydrogen) atoms. The summed E-state index contributed by atoms with van der Waals surface area (Å²) in [7, 11) is 0. The van der Waals surface area contributed by atoms with Gasteiger partial charge in [-0.15, -0.1) is 0 Å². The summed E-state index contributed by atoms with van der Waals surface area (Å²) in [6, 6.07) is 12.1. The van der Waals surface area contributed by atoms with Crippen LogP contribution in [0.2, 0.25) is 0 Å². The molecule has 2 atom stereocenters. The molecule has 0 unspecified atom stereocenters. The molecule has 0 bridgehead atoms. The third-order valence-electron chi connectivity index (χ3n) is 4.95. The van der Waals surface area contributed by atoms with Gasteiger partial charge in [0.15, 0.2) is 5.69 Å². The van der Waals surface area contributed by atoms with Gasteiger partial charge >= 0.3 is 0 Å². The fourth-order valence-corrected chi connectivity index (χ4v) is 3.72. The number of aromatic nitrogens is 2. The van der Waals surface area contributed by atoms with E-state index in [0.29, 0.717) is 18.1 Å². The lowest BCUT2D eigenvalue weighted by Gasteiger charge is -2.27. The van der Waals surface area contributed by atoms with Crippen molar-refractivity contribution in [2.75, 3.05) is 0 Å². The van der Waals surface area contributed by atoms with Crippen molar-refractivity contribution in [3.05, 3.63) is 42.9 Å². The number of rotatable bonds is 4. The van der Waals surface area contributed by atoms with E-state index in [9.17, 15) is 0 Å². The van der Waals surface area contributed by atoms with Crippen LogP contribution in [0.1, 0.15) is 65.5 Å². The van der Waals surface area contributed by atoms with Crippen molar-refractivity contribution in [1.82, 2.24) is 4.57 Å². The third kappa shape index (κ3) is 3.61. The molecule has 0 spiro atoms. The van der Waals surface area contributed by atoms with Crippen molar-refractivity contribution in [3.8, 4) is 11.3 Å². The third-order valence-corrected chi connectivity index (χ3v) is 4.95. The Hall–Kier alpha value is -1.90. The first-order valence-electron chi connectivity index (χ1n) is 9.25. The molecular weight excluding hydrogens is 294 g/mol. The Bertz CT molecular complexity index is 693. The first-order chi connectivity index (χ1) is 11.6. The van der Waals surface area contributed by atoms with Crippen LogP contribution in [-0.4, -0.2) is 16.3 Å². The van der Waals surface area contributed by atoms with Crippen molar-refractivity contribution in [2.24, 2.45) is 4.99 Å². The fourth-order valence-electron chi connectivity index (χ4n) is 3.72. The van der Waals surface area contributed by atoms with E-state index >= 15 is 0 Å². The molecule has 0 saturated heterocycles. The van der Waals surface area contributed by atoms with Crippen LogP contribution >= 0.6 is 0 Å². The molecule has 1 saturated carbocycles. The number of hydrogen-bond donors (Lipinski definition) is 0. The Balaban J connectivity index is 2.06. The highest BCUT2D eigenvalue weighted by molar-refractivity contribution is 5.79. The van der Waals surface area contributed by atoms with E-state index in [1.807, 2.05) is 0 Å². The highest BCUT2D eigenvalue weighted by Crippen LogP contribution is 2.34. The molecule has 1 aliphatic carbocycles. The molecule has 1 aromatic carbocycles. The van der Waals surface area contributed by atoms with Gasteiger partial charge in [0.05, 0.1) is 12.1 Å². The van der Waals surface area contributed by atoms with E-state index in [0.717, 1.165) is 0 Å². The van der Waals surface area contributed by atoms with Crippen LogP contribution < -0.4 is 4.57 Å². The number of hydrogen-bond acceptors (Lipinski definition) is 1. The van der Waals surface area contributed by atoms with Crippen molar-refractivity contribution in [2.45, 2.75) is 71.5 Å². The van der Waals surface area contributed by atoms with Gasteiger partial charge in [0.2, 0.25) is 6.33 Å². The molecule has 0 aliphatic heterocycles. The largest absolute Gasteiger partial charge is 0.287 e. The van der Waals surface area contributed by atoms with E-state index < -0.39 is 0 Å². The van der Waals surface area contributed by atoms with Gasteiger partial charge in [-0.1, -0.05) is 36.8 Å². The second-order valence-electron chi connectivity index (χ2n) is 7.44. The summed E-state index contributed by atoms with van der Waals surface area (Å²) in [4.78, 5) is 4.97. The molecule has 3 heteroatoms. The zero-order valence-electron chi connectivity index (χ0n) is 15.4. The normalized spacial score (nSPS) is 21.0. The lowest BCUT2D eigenvalue weighted by molar-refractivity contribution is -0.715. The van der Waals surface area contributed by atoms with Crippen LogP contribution in [0.4, 0.5) is 0 Å². The minimum atomic E-state index is 0.402. The summed E-state index contributed by atoms with van der Waals surface area (Å²) in [5.41, 5.74) is 3.79. The Kier molecular flexibility index (Phi) is 5.17. The van der Waals surface area contributed by atoms with Crippen LogP contribution in [0.5, 0.6) is 0 Å². The van der Waals surface area contributed by atoms with Crippen LogP contribution in [0.25, 0.3) is 11.3 Å². The highest BCUT2D eigenvalue weighted by atomic mass is 15.2. The molecule has 3 nitrogen and oxygen atoms in total. The molecule has 1 aliphatic rings. The second kappa shape index (κ2) is 7.33. The minimum absolute atomic E-state index is 0.402. The Morgan fingerprint density at radius 2 is 1.83 bits per heavy atom. The maximum Gasteiger partial charge on any atom is 0.244 e. The van der Waals surface area contributed by atoms with E-state index in [1.54, 1.807) is 0 Å². The zero-order chi connectivity index (χ0) is 17.1. The fraction of sp³-hybridized carbons (Fsp3) is 0.524. The molecule has 1 aromatic heterocycles. The standard InChI is InChI=1S/C21H30N3/c1-16(2)22-19-12-8-9-13-20(19)24-15-23(17(3)4)14-21(24)18-10-6-5-7-11-18/h5-7,10-11,14-15,17,19-20H,8-9,12-13H2,1-4H3/q+1/t19-,20-/m0/s1. The molecule has 128 valence electrons. The molecule has 2 aromatic rings. The van der Waals surface area contributed by atoms with Crippen LogP contribution in [0.15, 0.2) is 47.8 Å². The summed E-state index contributed by atoms with van der Waals surface area (Å²) in [6.45, 7) is 8.72. The number of nitrogens with zero attached hydrogens (tertiary/aromatic N) is 3. The van der Waals surface area contributed by atoms with Crippen molar-refractivity contribution in [1.29, 1.82) is 0 Å². The summed E-state index contributed by atoms with van der Waals surface area (Å²) < 4.78 is 4.82. The van der Waals surface area contributed by atoms with Gasteiger partial charge in [0.1, 0.15) is 12.2 Å². The highest BCUT2D eigenvalue weighted by Gasteiger charge is 2.33. The maximum absolute atomic E-state index is 4.97. The van der Waals surface area contributed by atoms with Gasteiger partial charge in [-0.3, -0.25) is 4.99 Å². The minimum Gasteiger partial charge on any atom is -0.287 e. The average molecular weight is 324 g/mol. The number of benzene rings is 1. The summed E-state index contributed by atoms with van der Waals surface area (Å²) in [6.07, 6.45) is 9.61. The molecule has 0 amide bonds. The molecular formula is C21H30N3+. The Morgan fingerprint density at radius 3 is 2.50 bits per heavy atom. The van der Waals surface area contributed by atoms with Crippen molar-refractivity contribution >= 4 is 5.71 Å². The lowest BCUT2D eigenvalue weighted by Crippen LogP contribution is -2.34. The second-order valence-corrected chi connectivity index (χ2v) is 7.44. The SMILES string of the molecule is CC(C)=N[C@H]1CCCC[C@@H]1n1c[n+](C(C)C)cc1-c1ccccc1. The molecule has 0 radical (unpaired) electrons. The van der Waals surface area contributed by atoms with Gasteiger partial charge in [0, 0.05) is 11.3 Å². The predicted octanol–water partition coefficient (Wildman–Crippen LogP) is 4.99. The van der Waals surface area contributed by atoms with Crippen LogP contribution in [0.3, 0.4) is 0 Å². The van der Waals surface area contributed by atoms with Gasteiger partial charge in [-0.2, -0.15) is 0 Å². The monoisotopic (exact) mass is 324 g/mol. The van der Waals surface area contributed by atoms with Gasteiger partial charge in [-0.05, 0) is 47.0 Å². The molecule has 1 heterocycles. The van der Waals surface area contributed by atoms with E-state index in [2.05, 4.69) is 79.7 Å². The summed E-state index contributed by atoms with van der Waals surface area (Å²) in [5.74, 6) is 0. The topological polar surface area (TPSA) is 21.2 Å². The Labute approximate surface area is 146 Å².